The number of nitrogens with two attached hydrogens (primary N) is 1. The second-order valence-electron chi connectivity index (χ2n) is 6.30. The first-order valence-corrected chi connectivity index (χ1v) is 9.49. The summed E-state index contributed by atoms with van der Waals surface area (Å²) in [4.78, 5) is 29.3. The molecule has 140 valence electrons. The highest BCUT2D eigenvalue weighted by Gasteiger charge is 2.38. The zero-order valence-corrected chi connectivity index (χ0v) is 16.2. The Bertz CT molecular complexity index is 1050. The lowest BCUT2D eigenvalue weighted by Gasteiger charge is -2.15. The lowest BCUT2D eigenvalue weighted by molar-refractivity contribution is -0.136. The van der Waals surface area contributed by atoms with Crippen molar-refractivity contribution in [3.63, 3.8) is 0 Å². The number of aryl methyl sites for hydroxylation is 1. The maximum absolute atomic E-state index is 12.2. The molecule has 1 atom stereocenters. The van der Waals surface area contributed by atoms with Gasteiger partial charge >= 0.3 is 0 Å². The van der Waals surface area contributed by atoms with Crippen LogP contribution >= 0.6 is 11.8 Å². The van der Waals surface area contributed by atoms with Crippen molar-refractivity contribution in [1.29, 1.82) is 10.5 Å². The van der Waals surface area contributed by atoms with E-state index in [1.807, 2.05) is 37.3 Å². The van der Waals surface area contributed by atoms with Gasteiger partial charge in [-0.05, 0) is 17.5 Å². The largest absolute Gasteiger partial charge is 0.383 e. The van der Waals surface area contributed by atoms with Gasteiger partial charge in [-0.3, -0.25) is 14.5 Å². The van der Waals surface area contributed by atoms with E-state index in [-0.39, 0.29) is 40.2 Å². The van der Waals surface area contributed by atoms with E-state index in [1.165, 1.54) is 7.05 Å². The molecule has 2 heterocycles. The number of aromatic nitrogens is 1. The number of nitriles is 2. The second kappa shape index (κ2) is 7.71. The maximum Gasteiger partial charge on any atom is 0.242 e. The molecule has 7 nitrogen and oxygen atoms in total. The number of hydrogen-bond donors (Lipinski definition) is 1. The molecule has 1 aromatic carbocycles. The van der Waals surface area contributed by atoms with Crippen molar-refractivity contribution >= 4 is 29.4 Å². The number of hydrogen-bond acceptors (Lipinski definition) is 7. The number of carbonyl (C=O) groups excluding carboxylic acids is 2. The van der Waals surface area contributed by atoms with E-state index >= 15 is 0 Å². The summed E-state index contributed by atoms with van der Waals surface area (Å²) >= 11 is 1.03. The molecule has 8 heteroatoms. The summed E-state index contributed by atoms with van der Waals surface area (Å²) in [6, 6.07) is 11.7. The number of anilines is 1. The predicted molar refractivity (Wildman–Crippen MR) is 105 cm³/mol. The number of nitrogens with zero attached hydrogens (tertiary/aromatic N) is 4. The van der Waals surface area contributed by atoms with Gasteiger partial charge in [0.15, 0.2) is 0 Å². The summed E-state index contributed by atoms with van der Waals surface area (Å²) in [7, 11) is 1.43. The maximum atomic E-state index is 12.2. The van der Waals surface area contributed by atoms with Crippen LogP contribution in [0.15, 0.2) is 29.3 Å². The molecule has 1 unspecified atom stereocenters. The van der Waals surface area contributed by atoms with Gasteiger partial charge < -0.3 is 5.73 Å². The van der Waals surface area contributed by atoms with Crippen LogP contribution in [0.1, 0.15) is 30.0 Å². The van der Waals surface area contributed by atoms with E-state index < -0.39 is 5.25 Å². The highest BCUT2D eigenvalue weighted by atomic mass is 32.2. The fraction of sp³-hybridized carbons (Fsp3) is 0.250. The Kier molecular flexibility index (Phi) is 5.34. The number of imide groups is 1. The van der Waals surface area contributed by atoms with Gasteiger partial charge in [-0.2, -0.15) is 10.5 Å². The van der Waals surface area contributed by atoms with Gasteiger partial charge in [-0.1, -0.05) is 43.0 Å². The van der Waals surface area contributed by atoms with E-state index in [0.29, 0.717) is 11.1 Å². The monoisotopic (exact) mass is 391 g/mol. The number of rotatable bonds is 4. The molecule has 1 saturated heterocycles. The molecule has 0 saturated carbocycles. The Hall–Kier alpha value is -3.36. The molecule has 2 N–H and O–H groups in total. The van der Waals surface area contributed by atoms with Crippen LogP contribution in [0.5, 0.6) is 0 Å². The quantitative estimate of drug-likeness (QED) is 0.794. The Balaban J connectivity index is 2.14. The molecule has 28 heavy (non-hydrogen) atoms. The van der Waals surface area contributed by atoms with Crippen LogP contribution in [0.4, 0.5) is 5.82 Å². The van der Waals surface area contributed by atoms with Gasteiger partial charge in [0.2, 0.25) is 11.8 Å². The molecule has 0 aliphatic carbocycles. The Morgan fingerprint density at radius 1 is 1.21 bits per heavy atom. The van der Waals surface area contributed by atoms with Crippen molar-refractivity contribution in [3.8, 4) is 23.3 Å². The van der Waals surface area contributed by atoms with Crippen LogP contribution in [0.25, 0.3) is 11.1 Å². The molecule has 2 amide bonds. The van der Waals surface area contributed by atoms with E-state index in [9.17, 15) is 20.1 Å². The molecular formula is C20H17N5O2S. The van der Waals surface area contributed by atoms with Gasteiger partial charge in [0, 0.05) is 19.0 Å². The van der Waals surface area contributed by atoms with Gasteiger partial charge in [0.1, 0.15) is 28.5 Å². The van der Waals surface area contributed by atoms with Crippen LogP contribution in [0, 0.1) is 22.7 Å². The van der Waals surface area contributed by atoms with E-state index in [1.54, 1.807) is 0 Å². The SMILES string of the molecule is CCc1ccc(-c2c(C#N)c(N)nc(SC3CC(=O)N(C)C3=O)c2C#N)cc1. The van der Waals surface area contributed by atoms with E-state index in [0.717, 1.165) is 28.6 Å². The molecule has 1 aliphatic rings. The number of nitrogen functional groups attached to an aromatic ring is 1. The van der Waals surface area contributed by atoms with Gasteiger partial charge in [0.25, 0.3) is 0 Å². The number of carbonyl (C=O) groups is 2. The molecule has 1 aromatic heterocycles. The van der Waals surface area contributed by atoms with Crippen molar-refractivity contribution in [2.45, 2.75) is 30.0 Å². The second-order valence-corrected chi connectivity index (χ2v) is 7.49. The van der Waals surface area contributed by atoms with E-state index in [2.05, 4.69) is 11.1 Å². The van der Waals surface area contributed by atoms with Crippen LogP contribution in [0.3, 0.4) is 0 Å². The zero-order chi connectivity index (χ0) is 20.4. The average Bonchev–Trinajstić information content (AvgIpc) is 2.94. The van der Waals surface area contributed by atoms with Gasteiger partial charge in [-0.25, -0.2) is 4.98 Å². The Labute approximate surface area is 166 Å². The fourth-order valence-corrected chi connectivity index (χ4v) is 4.20. The third kappa shape index (κ3) is 3.30. The van der Waals surface area contributed by atoms with Crippen molar-refractivity contribution in [1.82, 2.24) is 9.88 Å². The highest BCUT2D eigenvalue weighted by Crippen LogP contribution is 2.39. The predicted octanol–water partition coefficient (Wildman–Crippen LogP) is 2.49. The van der Waals surface area contributed by atoms with Crippen molar-refractivity contribution in [2.75, 3.05) is 12.8 Å². The number of benzene rings is 1. The summed E-state index contributed by atoms with van der Waals surface area (Å²) in [5.41, 5.74) is 8.48. The lowest BCUT2D eigenvalue weighted by atomic mass is 9.96. The zero-order valence-electron chi connectivity index (χ0n) is 15.4. The summed E-state index contributed by atoms with van der Waals surface area (Å²) in [6.45, 7) is 2.03. The molecule has 1 fully saturated rings. The minimum atomic E-state index is -0.667. The molecular weight excluding hydrogens is 374 g/mol. The molecule has 0 spiro atoms. The first kappa shape index (κ1) is 19.4. The third-order valence-electron chi connectivity index (χ3n) is 4.66. The van der Waals surface area contributed by atoms with E-state index in [4.69, 9.17) is 5.73 Å². The smallest absolute Gasteiger partial charge is 0.242 e. The number of amides is 2. The summed E-state index contributed by atoms with van der Waals surface area (Å²) < 4.78 is 0. The standard InChI is InChI=1S/C20H17N5O2S/c1-3-11-4-6-12(7-5-11)17-13(9-21)18(23)24-19(14(17)10-22)28-15-8-16(26)25(2)20(15)27/h4-7,15H,3,8H2,1-2H3,(H2,23,24). The van der Waals surface area contributed by atoms with Gasteiger partial charge in [0.05, 0.1) is 10.8 Å². The Morgan fingerprint density at radius 2 is 1.86 bits per heavy atom. The van der Waals surface area contributed by atoms with Crippen LogP contribution in [-0.2, 0) is 16.0 Å². The molecule has 2 aromatic rings. The summed E-state index contributed by atoms with van der Waals surface area (Å²) in [5, 5.41) is 19.0. The first-order valence-electron chi connectivity index (χ1n) is 8.61. The number of likely N-dealkylation sites (tertiary alicyclic amines) is 1. The van der Waals surface area contributed by atoms with Gasteiger partial charge in [-0.15, -0.1) is 0 Å². The normalized spacial score (nSPS) is 16.1. The molecule has 1 aliphatic heterocycles. The van der Waals surface area contributed by atoms with Crippen molar-refractivity contribution < 1.29 is 9.59 Å². The summed E-state index contributed by atoms with van der Waals surface area (Å²) in [5.74, 6) is -0.626. The number of pyridine rings is 1. The topological polar surface area (TPSA) is 124 Å². The molecule has 0 radical (unpaired) electrons. The highest BCUT2D eigenvalue weighted by molar-refractivity contribution is 8.00. The minimum Gasteiger partial charge on any atom is -0.383 e. The lowest BCUT2D eigenvalue weighted by Crippen LogP contribution is -2.26. The fourth-order valence-electron chi connectivity index (χ4n) is 3.03. The Morgan fingerprint density at radius 3 is 2.36 bits per heavy atom. The van der Waals surface area contributed by atoms with Crippen molar-refractivity contribution in [2.24, 2.45) is 0 Å². The molecule has 3 rings (SSSR count). The van der Waals surface area contributed by atoms with Crippen LogP contribution in [0.2, 0.25) is 0 Å². The van der Waals surface area contributed by atoms with Crippen molar-refractivity contribution in [3.05, 3.63) is 41.0 Å². The minimum absolute atomic E-state index is 0.0105. The molecule has 0 bridgehead atoms. The third-order valence-corrected chi connectivity index (χ3v) is 5.83. The van der Waals surface area contributed by atoms with Crippen LogP contribution in [-0.4, -0.2) is 34.0 Å². The average molecular weight is 391 g/mol. The summed E-state index contributed by atoms with van der Waals surface area (Å²) in [6.07, 6.45) is 0.897. The van der Waals surface area contributed by atoms with Crippen LogP contribution < -0.4 is 5.73 Å². The first-order chi connectivity index (χ1) is 13.4. The number of thioether (sulfide) groups is 1.